The topological polar surface area (TPSA) is 98.5 Å². The number of benzene rings is 2. The highest BCUT2D eigenvalue weighted by Gasteiger charge is 2.07. The van der Waals surface area contributed by atoms with E-state index in [0.29, 0.717) is 16.3 Å². The maximum Gasteiger partial charge on any atom is 0.331 e. The number of rotatable bonds is 6. The van der Waals surface area contributed by atoms with Gasteiger partial charge in [0.1, 0.15) is 0 Å². The number of nitrogens with one attached hydrogen (secondary N) is 1. The Kier molecular flexibility index (Phi) is 6.25. The number of nitro groups is 1. The molecular formula is C17H13ClN2O5. The molecule has 2 aromatic rings. The first-order valence-electron chi connectivity index (χ1n) is 7.09. The average Bonchev–Trinajstić information content (AvgIpc) is 2.60. The molecule has 0 saturated heterocycles. The number of esters is 1. The van der Waals surface area contributed by atoms with Crippen LogP contribution in [0.2, 0.25) is 5.02 Å². The normalized spacial score (nSPS) is 10.4. The van der Waals surface area contributed by atoms with Gasteiger partial charge in [0.05, 0.1) is 4.92 Å². The Labute approximate surface area is 148 Å². The molecule has 2 aromatic carbocycles. The van der Waals surface area contributed by atoms with Crippen LogP contribution in [0.15, 0.2) is 54.6 Å². The lowest BCUT2D eigenvalue weighted by Crippen LogP contribution is -2.20. The first-order chi connectivity index (χ1) is 11.9. The van der Waals surface area contributed by atoms with Crippen LogP contribution in [0.1, 0.15) is 5.56 Å². The molecule has 0 aliphatic rings. The van der Waals surface area contributed by atoms with Crippen molar-refractivity contribution in [3.8, 4) is 0 Å². The van der Waals surface area contributed by atoms with Crippen molar-refractivity contribution < 1.29 is 19.2 Å². The summed E-state index contributed by atoms with van der Waals surface area (Å²) in [6, 6.07) is 12.2. The third-order valence-electron chi connectivity index (χ3n) is 2.97. The Hall–Kier alpha value is -3.19. The van der Waals surface area contributed by atoms with Crippen molar-refractivity contribution in [3.05, 3.63) is 75.3 Å². The van der Waals surface area contributed by atoms with Crippen LogP contribution in [0.4, 0.5) is 11.4 Å². The van der Waals surface area contributed by atoms with E-state index >= 15 is 0 Å². The van der Waals surface area contributed by atoms with Gasteiger partial charge in [0.25, 0.3) is 11.6 Å². The SMILES string of the molecule is O=C(COC(=O)/C=C/c1cccc([N+](=O)[O-])c1)Nc1ccc(Cl)cc1. The van der Waals surface area contributed by atoms with Crippen LogP contribution in [0, 0.1) is 10.1 Å². The predicted octanol–water partition coefficient (Wildman–Crippen LogP) is 3.44. The minimum atomic E-state index is -0.738. The van der Waals surface area contributed by atoms with Crippen LogP contribution in [0.25, 0.3) is 6.08 Å². The zero-order valence-electron chi connectivity index (χ0n) is 12.8. The molecule has 128 valence electrons. The first-order valence-corrected chi connectivity index (χ1v) is 7.46. The van der Waals surface area contributed by atoms with E-state index in [9.17, 15) is 19.7 Å². The first kappa shape index (κ1) is 18.2. The Morgan fingerprint density at radius 1 is 1.20 bits per heavy atom. The largest absolute Gasteiger partial charge is 0.452 e. The van der Waals surface area contributed by atoms with E-state index in [2.05, 4.69) is 5.32 Å². The molecule has 0 aliphatic heterocycles. The quantitative estimate of drug-likeness (QED) is 0.368. The standard InChI is InChI=1S/C17H13ClN2O5/c18-13-5-7-14(8-6-13)19-16(21)11-25-17(22)9-4-12-2-1-3-15(10-12)20(23)24/h1-10H,11H2,(H,19,21)/b9-4+. The number of ether oxygens (including phenoxy) is 1. The highest BCUT2D eigenvalue weighted by molar-refractivity contribution is 6.30. The summed E-state index contributed by atoms with van der Waals surface area (Å²) in [4.78, 5) is 33.4. The second-order valence-electron chi connectivity index (χ2n) is 4.85. The number of non-ortho nitro benzene ring substituents is 1. The van der Waals surface area contributed by atoms with E-state index in [1.807, 2.05) is 0 Å². The molecule has 0 atom stereocenters. The Bertz CT molecular complexity index is 818. The summed E-state index contributed by atoms with van der Waals surface area (Å²) in [5, 5.41) is 13.8. The fourth-order valence-electron chi connectivity index (χ4n) is 1.82. The number of carbonyl (C=O) groups is 2. The van der Waals surface area contributed by atoms with Crippen molar-refractivity contribution in [1.82, 2.24) is 0 Å². The molecule has 2 rings (SSSR count). The van der Waals surface area contributed by atoms with Crippen LogP contribution < -0.4 is 5.32 Å². The molecule has 0 aromatic heterocycles. The van der Waals surface area contributed by atoms with Crippen molar-refractivity contribution in [2.75, 3.05) is 11.9 Å². The van der Waals surface area contributed by atoms with Crippen LogP contribution >= 0.6 is 11.6 Å². The van der Waals surface area contributed by atoms with Gasteiger partial charge in [0.2, 0.25) is 0 Å². The summed E-state index contributed by atoms with van der Waals surface area (Å²) in [5.41, 5.74) is 0.909. The molecule has 7 nitrogen and oxygen atoms in total. The zero-order chi connectivity index (χ0) is 18.2. The fraction of sp³-hybridized carbons (Fsp3) is 0.0588. The lowest BCUT2D eigenvalue weighted by Gasteiger charge is -2.05. The van der Waals surface area contributed by atoms with E-state index < -0.39 is 23.4 Å². The molecule has 8 heteroatoms. The van der Waals surface area contributed by atoms with Crippen molar-refractivity contribution in [1.29, 1.82) is 0 Å². The van der Waals surface area contributed by atoms with Crippen molar-refractivity contribution in [3.63, 3.8) is 0 Å². The second kappa shape index (κ2) is 8.60. The zero-order valence-corrected chi connectivity index (χ0v) is 13.6. The third kappa shape index (κ3) is 6.08. The summed E-state index contributed by atoms with van der Waals surface area (Å²) < 4.78 is 4.80. The summed E-state index contributed by atoms with van der Waals surface area (Å²) in [7, 11) is 0. The number of anilines is 1. The van der Waals surface area contributed by atoms with Gasteiger partial charge in [-0.1, -0.05) is 23.7 Å². The average molecular weight is 361 g/mol. The van der Waals surface area contributed by atoms with Crippen LogP contribution in [0.5, 0.6) is 0 Å². The second-order valence-corrected chi connectivity index (χ2v) is 5.28. The molecule has 0 heterocycles. The fourth-order valence-corrected chi connectivity index (χ4v) is 1.95. The van der Waals surface area contributed by atoms with Crippen molar-refractivity contribution in [2.24, 2.45) is 0 Å². The van der Waals surface area contributed by atoms with Gasteiger partial charge in [-0.2, -0.15) is 0 Å². The minimum Gasteiger partial charge on any atom is -0.452 e. The molecule has 0 bridgehead atoms. The van der Waals surface area contributed by atoms with Crippen molar-refractivity contribution in [2.45, 2.75) is 0 Å². The van der Waals surface area contributed by atoms with Gasteiger partial charge in [-0.3, -0.25) is 14.9 Å². The molecule has 0 spiro atoms. The Balaban J connectivity index is 1.83. The molecule has 1 amide bonds. The van der Waals surface area contributed by atoms with Gasteiger partial charge >= 0.3 is 5.97 Å². The maximum atomic E-state index is 11.7. The number of hydrogen-bond donors (Lipinski definition) is 1. The Morgan fingerprint density at radius 3 is 2.60 bits per heavy atom. The molecular weight excluding hydrogens is 348 g/mol. The predicted molar refractivity (Wildman–Crippen MR) is 93.2 cm³/mol. The number of hydrogen-bond acceptors (Lipinski definition) is 5. The van der Waals surface area contributed by atoms with Gasteiger partial charge in [-0.25, -0.2) is 4.79 Å². The molecule has 0 unspecified atom stereocenters. The van der Waals surface area contributed by atoms with Crippen LogP contribution in [0.3, 0.4) is 0 Å². The monoisotopic (exact) mass is 360 g/mol. The number of halogens is 1. The van der Waals surface area contributed by atoms with Crippen LogP contribution in [-0.4, -0.2) is 23.4 Å². The Morgan fingerprint density at radius 2 is 1.92 bits per heavy atom. The van der Waals surface area contributed by atoms with Gasteiger partial charge in [-0.05, 0) is 35.9 Å². The highest BCUT2D eigenvalue weighted by Crippen LogP contribution is 2.14. The summed E-state index contributed by atoms with van der Waals surface area (Å²) in [6.45, 7) is -0.458. The smallest absolute Gasteiger partial charge is 0.331 e. The molecule has 25 heavy (non-hydrogen) atoms. The van der Waals surface area contributed by atoms with E-state index in [0.717, 1.165) is 6.08 Å². The number of amides is 1. The van der Waals surface area contributed by atoms with E-state index in [-0.39, 0.29) is 5.69 Å². The lowest BCUT2D eigenvalue weighted by molar-refractivity contribution is -0.384. The molecule has 1 N–H and O–H groups in total. The molecule has 0 aliphatic carbocycles. The van der Waals surface area contributed by atoms with Gasteiger partial charge in [-0.15, -0.1) is 0 Å². The summed E-state index contributed by atoms with van der Waals surface area (Å²) in [6.07, 6.45) is 2.46. The number of nitro benzene ring substituents is 1. The van der Waals surface area contributed by atoms with E-state index in [1.54, 1.807) is 30.3 Å². The van der Waals surface area contributed by atoms with E-state index in [1.165, 1.54) is 24.3 Å². The van der Waals surface area contributed by atoms with Gasteiger partial charge in [0, 0.05) is 28.9 Å². The van der Waals surface area contributed by atoms with E-state index in [4.69, 9.17) is 16.3 Å². The number of nitrogens with zero attached hydrogens (tertiary/aromatic N) is 1. The van der Waals surface area contributed by atoms with Gasteiger partial charge in [0.15, 0.2) is 6.61 Å². The van der Waals surface area contributed by atoms with Crippen LogP contribution in [-0.2, 0) is 14.3 Å². The number of carbonyl (C=O) groups excluding carboxylic acids is 2. The summed E-state index contributed by atoms with van der Waals surface area (Å²) in [5.74, 6) is -1.24. The minimum absolute atomic E-state index is 0.0853. The molecule has 0 fully saturated rings. The third-order valence-corrected chi connectivity index (χ3v) is 3.22. The maximum absolute atomic E-state index is 11.7. The highest BCUT2D eigenvalue weighted by atomic mass is 35.5. The lowest BCUT2D eigenvalue weighted by atomic mass is 10.2. The summed E-state index contributed by atoms with van der Waals surface area (Å²) >= 11 is 5.74. The molecule has 0 radical (unpaired) electrons. The molecule has 0 saturated carbocycles. The van der Waals surface area contributed by atoms with Gasteiger partial charge < -0.3 is 10.1 Å². The van der Waals surface area contributed by atoms with Crippen molar-refractivity contribution >= 4 is 40.9 Å².